The van der Waals surface area contributed by atoms with Gasteiger partial charge in [-0.2, -0.15) is 0 Å². The van der Waals surface area contributed by atoms with Crippen LogP contribution in [-0.4, -0.2) is 21.3 Å². The van der Waals surface area contributed by atoms with Crippen LogP contribution in [-0.2, 0) is 0 Å². The minimum absolute atomic E-state index is 0.222. The first-order valence-electron chi connectivity index (χ1n) is 8.59. The standard InChI is InChI=1S/C21H23NO3/c1-23-14-9-7-13(8-10-14)20-16-6-4-5-15(16)19-17(24-2)11-12-18(25-3)21(19)22-20/h4-5,7-12,15-16,20,22H,6H2,1-3H3. The largest absolute Gasteiger partial charge is 0.497 e. The van der Waals surface area contributed by atoms with Crippen LogP contribution in [0.25, 0.3) is 0 Å². The van der Waals surface area contributed by atoms with Crippen LogP contribution in [0.1, 0.15) is 29.5 Å². The van der Waals surface area contributed by atoms with Crippen molar-refractivity contribution >= 4 is 5.69 Å². The van der Waals surface area contributed by atoms with Crippen molar-refractivity contribution in [3.63, 3.8) is 0 Å². The Labute approximate surface area is 148 Å². The van der Waals surface area contributed by atoms with Gasteiger partial charge < -0.3 is 19.5 Å². The number of benzene rings is 2. The smallest absolute Gasteiger partial charge is 0.142 e. The van der Waals surface area contributed by atoms with Gasteiger partial charge in [0.25, 0.3) is 0 Å². The first-order chi connectivity index (χ1) is 12.3. The van der Waals surface area contributed by atoms with E-state index in [1.54, 1.807) is 21.3 Å². The lowest BCUT2D eigenvalue weighted by Crippen LogP contribution is -2.29. The predicted octanol–water partition coefficient (Wildman–Crippen LogP) is 4.54. The molecule has 3 atom stereocenters. The van der Waals surface area contributed by atoms with E-state index < -0.39 is 0 Å². The Kier molecular flexibility index (Phi) is 4.04. The molecule has 1 aliphatic carbocycles. The number of allylic oxidation sites excluding steroid dienone is 2. The van der Waals surface area contributed by atoms with Crippen LogP contribution in [0.2, 0.25) is 0 Å². The van der Waals surface area contributed by atoms with Gasteiger partial charge in [-0.05, 0) is 42.2 Å². The van der Waals surface area contributed by atoms with Gasteiger partial charge in [-0.1, -0.05) is 24.3 Å². The molecule has 4 rings (SSSR count). The fourth-order valence-corrected chi connectivity index (χ4v) is 4.14. The topological polar surface area (TPSA) is 39.7 Å². The Morgan fingerprint density at radius 2 is 1.60 bits per heavy atom. The first-order valence-corrected chi connectivity index (χ1v) is 8.59. The summed E-state index contributed by atoms with van der Waals surface area (Å²) >= 11 is 0. The van der Waals surface area contributed by atoms with Crippen molar-refractivity contribution in [2.24, 2.45) is 5.92 Å². The van der Waals surface area contributed by atoms with Crippen LogP contribution in [0.4, 0.5) is 5.69 Å². The minimum atomic E-state index is 0.222. The maximum atomic E-state index is 5.65. The second kappa shape index (κ2) is 6.36. The van der Waals surface area contributed by atoms with Crippen molar-refractivity contribution in [1.29, 1.82) is 0 Å². The van der Waals surface area contributed by atoms with E-state index in [-0.39, 0.29) is 6.04 Å². The van der Waals surface area contributed by atoms with Gasteiger partial charge >= 0.3 is 0 Å². The number of hydrogen-bond donors (Lipinski definition) is 1. The highest BCUT2D eigenvalue weighted by atomic mass is 16.5. The summed E-state index contributed by atoms with van der Waals surface area (Å²) in [6.07, 6.45) is 5.64. The lowest BCUT2D eigenvalue weighted by molar-refractivity contribution is 0.370. The Balaban J connectivity index is 1.81. The summed E-state index contributed by atoms with van der Waals surface area (Å²) < 4.78 is 16.6. The predicted molar refractivity (Wildman–Crippen MR) is 98.9 cm³/mol. The van der Waals surface area contributed by atoms with E-state index in [1.807, 2.05) is 24.3 Å². The third-order valence-corrected chi connectivity index (χ3v) is 5.36. The first kappa shape index (κ1) is 15.9. The molecule has 4 heteroatoms. The highest BCUT2D eigenvalue weighted by Crippen LogP contribution is 2.55. The molecule has 4 nitrogen and oxygen atoms in total. The summed E-state index contributed by atoms with van der Waals surface area (Å²) in [5.74, 6) is 3.43. The number of methoxy groups -OCH3 is 3. The second-order valence-corrected chi connectivity index (χ2v) is 6.51. The molecule has 0 aromatic heterocycles. The lowest BCUT2D eigenvalue weighted by Gasteiger charge is -2.38. The zero-order chi connectivity index (χ0) is 17.4. The summed E-state index contributed by atoms with van der Waals surface area (Å²) in [6.45, 7) is 0. The van der Waals surface area contributed by atoms with Gasteiger partial charge in [0, 0.05) is 11.5 Å². The van der Waals surface area contributed by atoms with E-state index in [4.69, 9.17) is 14.2 Å². The fraction of sp³-hybridized carbons (Fsp3) is 0.333. The van der Waals surface area contributed by atoms with Crippen LogP contribution in [0.5, 0.6) is 17.2 Å². The van der Waals surface area contributed by atoms with E-state index in [2.05, 4.69) is 29.6 Å². The van der Waals surface area contributed by atoms with E-state index in [1.165, 1.54) is 11.1 Å². The van der Waals surface area contributed by atoms with Crippen LogP contribution in [0.3, 0.4) is 0 Å². The van der Waals surface area contributed by atoms with Gasteiger partial charge in [-0.25, -0.2) is 0 Å². The average molecular weight is 337 g/mol. The molecule has 0 bridgehead atoms. The van der Waals surface area contributed by atoms with Crippen LogP contribution in [0, 0.1) is 5.92 Å². The second-order valence-electron chi connectivity index (χ2n) is 6.51. The minimum Gasteiger partial charge on any atom is -0.497 e. The summed E-state index contributed by atoms with van der Waals surface area (Å²) in [5, 5.41) is 3.73. The molecule has 1 aliphatic heterocycles. The van der Waals surface area contributed by atoms with E-state index >= 15 is 0 Å². The monoisotopic (exact) mass is 337 g/mol. The molecule has 130 valence electrons. The number of rotatable bonds is 4. The lowest BCUT2D eigenvalue weighted by atomic mass is 9.76. The van der Waals surface area contributed by atoms with E-state index in [0.717, 1.165) is 29.4 Å². The van der Waals surface area contributed by atoms with Gasteiger partial charge in [-0.3, -0.25) is 0 Å². The van der Waals surface area contributed by atoms with E-state index in [0.29, 0.717) is 11.8 Å². The molecule has 0 radical (unpaired) electrons. The van der Waals surface area contributed by atoms with Gasteiger partial charge in [0.15, 0.2) is 0 Å². The quantitative estimate of drug-likeness (QED) is 0.832. The molecule has 0 fully saturated rings. The molecular weight excluding hydrogens is 314 g/mol. The summed E-state index contributed by atoms with van der Waals surface area (Å²) in [7, 11) is 5.13. The molecule has 2 aromatic rings. The maximum Gasteiger partial charge on any atom is 0.142 e. The Morgan fingerprint density at radius 3 is 2.28 bits per heavy atom. The molecule has 2 aromatic carbocycles. The molecule has 2 aliphatic rings. The molecule has 1 N–H and O–H groups in total. The van der Waals surface area contributed by atoms with Crippen molar-refractivity contribution in [2.75, 3.05) is 26.6 Å². The Hall–Kier alpha value is -2.62. The molecule has 0 amide bonds. The molecule has 25 heavy (non-hydrogen) atoms. The van der Waals surface area contributed by atoms with Crippen molar-refractivity contribution in [1.82, 2.24) is 0 Å². The van der Waals surface area contributed by atoms with Gasteiger partial charge in [0.2, 0.25) is 0 Å². The molecule has 1 heterocycles. The number of hydrogen-bond acceptors (Lipinski definition) is 4. The molecule has 0 saturated carbocycles. The summed E-state index contributed by atoms with van der Waals surface area (Å²) in [5.41, 5.74) is 3.50. The van der Waals surface area contributed by atoms with Crippen molar-refractivity contribution in [3.8, 4) is 17.2 Å². The maximum absolute atomic E-state index is 5.65. The summed E-state index contributed by atoms with van der Waals surface area (Å²) in [4.78, 5) is 0. The van der Waals surface area contributed by atoms with Crippen molar-refractivity contribution in [2.45, 2.75) is 18.4 Å². The van der Waals surface area contributed by atoms with Gasteiger partial charge in [0.05, 0.1) is 33.1 Å². The van der Waals surface area contributed by atoms with Crippen LogP contribution >= 0.6 is 0 Å². The Morgan fingerprint density at radius 1 is 0.880 bits per heavy atom. The van der Waals surface area contributed by atoms with Gasteiger partial charge in [-0.15, -0.1) is 0 Å². The third kappa shape index (κ3) is 2.53. The zero-order valence-electron chi connectivity index (χ0n) is 14.8. The molecule has 0 saturated heterocycles. The average Bonchev–Trinajstić information content (AvgIpc) is 3.16. The van der Waals surface area contributed by atoms with Crippen molar-refractivity contribution < 1.29 is 14.2 Å². The van der Waals surface area contributed by atoms with Crippen LogP contribution < -0.4 is 19.5 Å². The number of ether oxygens (including phenoxy) is 3. The highest BCUT2D eigenvalue weighted by molar-refractivity contribution is 5.71. The summed E-state index contributed by atoms with van der Waals surface area (Å²) in [6, 6.07) is 12.5. The molecular formula is C21H23NO3. The molecule has 0 spiro atoms. The normalized spacial score (nSPS) is 23.4. The zero-order valence-corrected chi connectivity index (χ0v) is 14.8. The van der Waals surface area contributed by atoms with E-state index in [9.17, 15) is 0 Å². The SMILES string of the molecule is COc1ccc(C2Nc3c(OC)ccc(OC)c3C3C=CCC32)cc1. The fourth-order valence-electron chi connectivity index (χ4n) is 4.14. The Bertz CT molecular complexity index is 798. The highest BCUT2D eigenvalue weighted by Gasteiger charge is 2.40. The third-order valence-electron chi connectivity index (χ3n) is 5.36. The number of nitrogens with one attached hydrogen (secondary N) is 1. The van der Waals surface area contributed by atoms with Gasteiger partial charge in [0.1, 0.15) is 17.2 Å². The molecule has 3 unspecified atom stereocenters. The van der Waals surface area contributed by atoms with Crippen LogP contribution in [0.15, 0.2) is 48.6 Å². The van der Waals surface area contributed by atoms with Crippen molar-refractivity contribution in [3.05, 3.63) is 59.7 Å². The number of anilines is 1. The number of fused-ring (bicyclic) bond motifs is 3.